The molecular weight excluding hydrogens is 412 g/mol. The van der Waals surface area contributed by atoms with Gasteiger partial charge < -0.3 is 15.6 Å². The van der Waals surface area contributed by atoms with Gasteiger partial charge in [0.15, 0.2) is 0 Å². The average Bonchev–Trinajstić information content (AvgIpc) is 3.12. The highest BCUT2D eigenvalue weighted by molar-refractivity contribution is 7.23. The number of nitrogens with one attached hydrogen (secondary N) is 4. The second-order valence-electron chi connectivity index (χ2n) is 7.28. The molecule has 1 atom stereocenters. The molecule has 1 unspecified atom stereocenters. The lowest BCUT2D eigenvalue weighted by Crippen LogP contribution is -2.27. The molecule has 1 amide bonds. The van der Waals surface area contributed by atoms with Gasteiger partial charge in [0.1, 0.15) is 4.70 Å². The van der Waals surface area contributed by atoms with Crippen molar-refractivity contribution in [3.05, 3.63) is 104 Å². The summed E-state index contributed by atoms with van der Waals surface area (Å²) >= 11 is 1.26. The van der Waals surface area contributed by atoms with Gasteiger partial charge in [-0.2, -0.15) is 0 Å². The van der Waals surface area contributed by atoms with Crippen LogP contribution in [0.25, 0.3) is 10.2 Å². The third-order valence-electron chi connectivity index (χ3n) is 5.31. The van der Waals surface area contributed by atoms with Crippen LogP contribution in [0.5, 0.6) is 0 Å². The van der Waals surface area contributed by atoms with Gasteiger partial charge in [0, 0.05) is 28.4 Å². The molecule has 3 heterocycles. The summed E-state index contributed by atoms with van der Waals surface area (Å²) in [6, 6.07) is 18.8. The Morgan fingerprint density at radius 2 is 1.65 bits per heavy atom. The van der Waals surface area contributed by atoms with Crippen molar-refractivity contribution in [3.8, 4) is 0 Å². The highest BCUT2D eigenvalue weighted by atomic mass is 32.1. The smallest absolute Gasteiger partial charge is 0.326 e. The number of aromatic nitrogens is 2. The number of amides is 1. The summed E-state index contributed by atoms with van der Waals surface area (Å²) in [5, 5.41) is 6.98. The van der Waals surface area contributed by atoms with E-state index in [1.54, 1.807) is 0 Å². The highest BCUT2D eigenvalue weighted by Crippen LogP contribution is 2.48. The standard InChI is InChI=1S/C23H18N4O3S/c1-12-15(20(28)25-14-10-6-3-7-11-14)16(13-8-4-2-5-9-13)17-18-19(31-22(17)24-12)21(29)27-23(30)26-18/h2-11,16,24H,1H3,(H,25,28)(H2,26,27,29,30). The number of carbonyl (C=O) groups excluding carboxylic acids is 1. The molecule has 8 heteroatoms. The van der Waals surface area contributed by atoms with Crippen LogP contribution in [0.2, 0.25) is 0 Å². The maximum absolute atomic E-state index is 13.4. The van der Waals surface area contributed by atoms with Crippen LogP contribution in [-0.4, -0.2) is 15.9 Å². The first kappa shape index (κ1) is 19.1. The Morgan fingerprint density at radius 3 is 2.35 bits per heavy atom. The lowest BCUT2D eigenvalue weighted by Gasteiger charge is -2.28. The summed E-state index contributed by atoms with van der Waals surface area (Å²) in [5.74, 6) is -0.699. The van der Waals surface area contributed by atoms with Gasteiger partial charge in [-0.1, -0.05) is 48.5 Å². The molecule has 2 aromatic heterocycles. The lowest BCUT2D eigenvalue weighted by molar-refractivity contribution is -0.113. The Morgan fingerprint density at radius 1 is 0.968 bits per heavy atom. The zero-order valence-electron chi connectivity index (χ0n) is 16.5. The number of hydrogen-bond acceptors (Lipinski definition) is 5. The first-order valence-electron chi connectivity index (χ1n) is 9.71. The Balaban J connectivity index is 1.73. The van der Waals surface area contributed by atoms with Crippen LogP contribution >= 0.6 is 11.3 Å². The van der Waals surface area contributed by atoms with Crippen molar-refractivity contribution >= 4 is 38.1 Å². The van der Waals surface area contributed by atoms with Gasteiger partial charge in [0.2, 0.25) is 0 Å². The molecule has 154 valence electrons. The predicted octanol–water partition coefficient (Wildman–Crippen LogP) is 3.75. The van der Waals surface area contributed by atoms with Gasteiger partial charge in [-0.15, -0.1) is 11.3 Å². The molecule has 4 N–H and O–H groups in total. The van der Waals surface area contributed by atoms with Crippen molar-refractivity contribution in [1.29, 1.82) is 0 Å². The maximum Gasteiger partial charge on any atom is 0.326 e. The van der Waals surface area contributed by atoms with Gasteiger partial charge in [-0.3, -0.25) is 14.6 Å². The number of hydrogen-bond donors (Lipinski definition) is 4. The van der Waals surface area contributed by atoms with Crippen LogP contribution < -0.4 is 21.9 Å². The number of H-pyrrole nitrogens is 2. The van der Waals surface area contributed by atoms with Crippen molar-refractivity contribution in [1.82, 2.24) is 9.97 Å². The van der Waals surface area contributed by atoms with Crippen LogP contribution in [0, 0.1) is 0 Å². The monoisotopic (exact) mass is 430 g/mol. The number of benzene rings is 2. The summed E-state index contributed by atoms with van der Waals surface area (Å²) < 4.78 is 0.413. The zero-order chi connectivity index (χ0) is 21.5. The fraction of sp³-hybridized carbons (Fsp3) is 0.0870. The van der Waals surface area contributed by atoms with E-state index in [1.165, 1.54) is 11.3 Å². The Labute approximate surface area is 180 Å². The molecule has 31 heavy (non-hydrogen) atoms. The van der Waals surface area contributed by atoms with Crippen LogP contribution in [0.1, 0.15) is 24.0 Å². The van der Waals surface area contributed by atoms with Crippen LogP contribution in [-0.2, 0) is 4.79 Å². The van der Waals surface area contributed by atoms with Gasteiger partial charge in [-0.25, -0.2) is 4.79 Å². The van der Waals surface area contributed by atoms with E-state index < -0.39 is 17.2 Å². The number of carbonyl (C=O) groups is 1. The molecule has 1 aliphatic rings. The molecule has 2 aromatic carbocycles. The molecule has 5 rings (SSSR count). The zero-order valence-corrected chi connectivity index (χ0v) is 17.3. The van der Waals surface area contributed by atoms with E-state index in [0.717, 1.165) is 16.1 Å². The molecule has 0 fully saturated rings. The summed E-state index contributed by atoms with van der Waals surface area (Å²) in [4.78, 5) is 42.9. The van der Waals surface area contributed by atoms with E-state index in [1.807, 2.05) is 67.6 Å². The van der Waals surface area contributed by atoms with Gasteiger partial charge in [0.05, 0.1) is 10.5 Å². The fourth-order valence-electron chi connectivity index (χ4n) is 4.00. The minimum Gasteiger partial charge on any atom is -0.350 e. The molecule has 0 aliphatic carbocycles. The summed E-state index contributed by atoms with van der Waals surface area (Å²) in [6.45, 7) is 1.84. The summed E-state index contributed by atoms with van der Waals surface area (Å²) in [6.07, 6.45) is 0. The van der Waals surface area contributed by atoms with Crippen molar-refractivity contribution < 1.29 is 4.79 Å². The van der Waals surface area contributed by atoms with Crippen molar-refractivity contribution in [2.45, 2.75) is 12.8 Å². The third kappa shape index (κ3) is 3.27. The quantitative estimate of drug-likeness (QED) is 0.397. The minimum atomic E-state index is -0.577. The number of para-hydroxylation sites is 1. The number of fused-ring (bicyclic) bond motifs is 3. The van der Waals surface area contributed by atoms with Gasteiger partial charge in [-0.05, 0) is 24.6 Å². The number of rotatable bonds is 3. The van der Waals surface area contributed by atoms with E-state index in [0.29, 0.717) is 27.2 Å². The normalized spacial score (nSPS) is 15.5. The van der Waals surface area contributed by atoms with E-state index in [9.17, 15) is 14.4 Å². The molecule has 0 saturated heterocycles. The topological polar surface area (TPSA) is 107 Å². The second kappa shape index (κ2) is 7.41. The molecular formula is C23H18N4O3S. The Hall–Kier alpha value is -3.91. The number of aromatic amines is 2. The molecule has 0 bridgehead atoms. The SMILES string of the molecule is CC1=C(C(=O)Nc2ccccc2)C(c2ccccc2)c2c(sc3c(=O)[nH]c(=O)[nH]c23)N1. The first-order chi connectivity index (χ1) is 15.0. The molecule has 7 nitrogen and oxygen atoms in total. The summed E-state index contributed by atoms with van der Waals surface area (Å²) in [5.41, 5.74) is 2.95. The molecule has 0 spiro atoms. The van der Waals surface area contributed by atoms with E-state index >= 15 is 0 Å². The van der Waals surface area contributed by atoms with Crippen LogP contribution in [0.3, 0.4) is 0 Å². The van der Waals surface area contributed by atoms with Gasteiger partial charge >= 0.3 is 5.69 Å². The molecule has 1 aliphatic heterocycles. The molecule has 4 aromatic rings. The minimum absolute atomic E-state index is 0.248. The lowest BCUT2D eigenvalue weighted by atomic mass is 9.82. The second-order valence-corrected chi connectivity index (χ2v) is 8.31. The number of thiophene rings is 1. The highest BCUT2D eigenvalue weighted by Gasteiger charge is 2.36. The third-order valence-corrected chi connectivity index (χ3v) is 6.43. The van der Waals surface area contributed by atoms with Crippen LogP contribution in [0.4, 0.5) is 10.7 Å². The van der Waals surface area contributed by atoms with E-state index in [-0.39, 0.29) is 5.91 Å². The first-order valence-corrected chi connectivity index (χ1v) is 10.5. The Bertz CT molecular complexity index is 1450. The van der Waals surface area contributed by atoms with Crippen molar-refractivity contribution in [2.24, 2.45) is 0 Å². The molecule has 0 saturated carbocycles. The van der Waals surface area contributed by atoms with Crippen molar-refractivity contribution in [3.63, 3.8) is 0 Å². The van der Waals surface area contributed by atoms with Crippen molar-refractivity contribution in [2.75, 3.05) is 10.6 Å². The van der Waals surface area contributed by atoms with E-state index in [4.69, 9.17) is 0 Å². The van der Waals surface area contributed by atoms with Crippen LogP contribution in [0.15, 0.2) is 81.5 Å². The molecule has 0 radical (unpaired) electrons. The number of anilines is 2. The van der Waals surface area contributed by atoms with Gasteiger partial charge in [0.25, 0.3) is 11.5 Å². The average molecular weight is 430 g/mol. The summed E-state index contributed by atoms with van der Waals surface area (Å²) in [7, 11) is 0. The largest absolute Gasteiger partial charge is 0.350 e. The maximum atomic E-state index is 13.4. The predicted molar refractivity (Wildman–Crippen MR) is 123 cm³/mol. The van der Waals surface area contributed by atoms with E-state index in [2.05, 4.69) is 20.6 Å². The Kier molecular flexibility index (Phi) is 4.56. The number of allylic oxidation sites excluding steroid dienone is 1. The fourth-order valence-corrected chi connectivity index (χ4v) is 5.14.